The van der Waals surface area contributed by atoms with Crippen LogP contribution >= 0.6 is 0 Å². The molecule has 144 valence electrons. The Kier molecular flexibility index (Phi) is 5.84. The predicted octanol–water partition coefficient (Wildman–Crippen LogP) is 3.72. The second-order valence-electron chi connectivity index (χ2n) is 8.09. The van der Waals surface area contributed by atoms with Gasteiger partial charge in [-0.15, -0.1) is 0 Å². The van der Waals surface area contributed by atoms with Gasteiger partial charge in [-0.25, -0.2) is 0 Å². The number of hydrogen-bond donors (Lipinski definition) is 4. The molecule has 1 fully saturated rings. The Morgan fingerprint density at radius 3 is 1.92 bits per heavy atom. The first kappa shape index (κ1) is 20.1. The van der Waals surface area contributed by atoms with E-state index in [0.29, 0.717) is 38.5 Å². The van der Waals surface area contributed by atoms with Gasteiger partial charge in [-0.2, -0.15) is 0 Å². The van der Waals surface area contributed by atoms with Crippen LogP contribution in [0.2, 0.25) is 0 Å². The van der Waals surface area contributed by atoms with Crippen molar-refractivity contribution in [3.05, 3.63) is 23.3 Å². The predicted molar refractivity (Wildman–Crippen MR) is 96.4 cm³/mol. The van der Waals surface area contributed by atoms with Gasteiger partial charge in [0.2, 0.25) is 0 Å². The zero-order valence-corrected chi connectivity index (χ0v) is 15.4. The molecule has 0 bridgehead atoms. The minimum atomic E-state index is -0.838. The Hall–Kier alpha value is -2.24. The van der Waals surface area contributed by atoms with Crippen molar-refractivity contribution in [1.29, 1.82) is 0 Å². The van der Waals surface area contributed by atoms with Crippen molar-refractivity contribution in [2.75, 3.05) is 0 Å². The molecule has 0 amide bonds. The molecule has 6 heteroatoms. The monoisotopic (exact) mass is 364 g/mol. The molecular formula is C20H28O6. The average molecular weight is 364 g/mol. The molecule has 0 atom stereocenters. The number of aliphatic carboxylic acids is 2. The molecule has 0 saturated heterocycles. The van der Waals surface area contributed by atoms with Crippen LogP contribution in [0.4, 0.5) is 0 Å². The van der Waals surface area contributed by atoms with Gasteiger partial charge in [0.25, 0.3) is 0 Å². The first-order valence-electron chi connectivity index (χ1n) is 9.08. The molecule has 1 aromatic carbocycles. The fraction of sp³-hybridized carbons (Fsp3) is 0.600. The van der Waals surface area contributed by atoms with Crippen LogP contribution in [0, 0.1) is 10.8 Å². The van der Waals surface area contributed by atoms with E-state index in [9.17, 15) is 30.0 Å². The fourth-order valence-corrected chi connectivity index (χ4v) is 3.30. The third kappa shape index (κ3) is 4.68. The minimum absolute atomic E-state index is 0.186. The standard InChI is InChI=1S/C20H28O6/c1-19(2,17(23)24)7-3-5-13-11-15(21)16(22)12-14(13)6-4-8-20(9-10-20)18(25)26/h11-12,21-22H,3-10H2,1-2H3,(H,23,24)(H,25,26). The lowest BCUT2D eigenvalue weighted by Gasteiger charge is -2.19. The number of aryl methyl sites for hydroxylation is 2. The van der Waals surface area contributed by atoms with E-state index in [4.69, 9.17) is 0 Å². The highest BCUT2D eigenvalue weighted by molar-refractivity contribution is 5.77. The maximum absolute atomic E-state index is 11.3. The van der Waals surface area contributed by atoms with Crippen molar-refractivity contribution in [2.24, 2.45) is 10.8 Å². The highest BCUT2D eigenvalue weighted by Crippen LogP contribution is 2.50. The Balaban J connectivity index is 2.00. The van der Waals surface area contributed by atoms with Crippen molar-refractivity contribution >= 4 is 11.9 Å². The molecule has 0 spiro atoms. The summed E-state index contributed by atoms with van der Waals surface area (Å²) in [6, 6.07) is 3.07. The van der Waals surface area contributed by atoms with Crippen LogP contribution in [0.5, 0.6) is 11.5 Å². The van der Waals surface area contributed by atoms with Gasteiger partial charge in [0.15, 0.2) is 11.5 Å². The molecule has 1 saturated carbocycles. The number of rotatable bonds is 10. The maximum Gasteiger partial charge on any atom is 0.309 e. The van der Waals surface area contributed by atoms with Crippen molar-refractivity contribution in [1.82, 2.24) is 0 Å². The van der Waals surface area contributed by atoms with E-state index >= 15 is 0 Å². The van der Waals surface area contributed by atoms with Gasteiger partial charge in [0, 0.05) is 0 Å². The van der Waals surface area contributed by atoms with Gasteiger partial charge in [0.1, 0.15) is 0 Å². The smallest absolute Gasteiger partial charge is 0.309 e. The number of phenols is 2. The van der Waals surface area contributed by atoms with E-state index in [2.05, 4.69) is 0 Å². The third-order valence-electron chi connectivity index (χ3n) is 5.53. The van der Waals surface area contributed by atoms with Crippen LogP contribution in [0.15, 0.2) is 12.1 Å². The average Bonchev–Trinajstić information content (AvgIpc) is 3.32. The van der Waals surface area contributed by atoms with Crippen LogP contribution in [-0.4, -0.2) is 32.4 Å². The topological polar surface area (TPSA) is 115 Å². The van der Waals surface area contributed by atoms with Crippen LogP contribution in [0.25, 0.3) is 0 Å². The molecule has 6 nitrogen and oxygen atoms in total. The summed E-state index contributed by atoms with van der Waals surface area (Å²) in [4.78, 5) is 22.5. The number of phenolic OH excluding ortho intramolecular Hbond substituents is 2. The first-order chi connectivity index (χ1) is 12.1. The Morgan fingerprint density at radius 2 is 1.50 bits per heavy atom. The number of aromatic hydroxyl groups is 2. The largest absolute Gasteiger partial charge is 0.504 e. The molecule has 0 unspecified atom stereocenters. The zero-order chi connectivity index (χ0) is 19.5. The van der Waals surface area contributed by atoms with Crippen LogP contribution in [0.1, 0.15) is 63.5 Å². The van der Waals surface area contributed by atoms with Gasteiger partial charge < -0.3 is 20.4 Å². The SMILES string of the molecule is CC(C)(CCCc1cc(O)c(O)cc1CCCC1(C(=O)O)CC1)C(=O)O. The lowest BCUT2D eigenvalue weighted by Crippen LogP contribution is -2.23. The second kappa shape index (κ2) is 7.56. The fourth-order valence-electron chi connectivity index (χ4n) is 3.30. The number of carbonyl (C=O) groups is 2. The summed E-state index contributed by atoms with van der Waals surface area (Å²) in [7, 11) is 0. The Bertz CT molecular complexity index is 641. The van der Waals surface area contributed by atoms with Crippen LogP contribution in [0.3, 0.4) is 0 Å². The summed E-state index contributed by atoms with van der Waals surface area (Å²) in [5.41, 5.74) is 0.389. The first-order valence-corrected chi connectivity index (χ1v) is 9.08. The van der Waals surface area contributed by atoms with Gasteiger partial charge in [-0.1, -0.05) is 0 Å². The van der Waals surface area contributed by atoms with Crippen molar-refractivity contribution in [3.63, 3.8) is 0 Å². The van der Waals surface area contributed by atoms with E-state index in [1.165, 1.54) is 12.1 Å². The van der Waals surface area contributed by atoms with Gasteiger partial charge in [0.05, 0.1) is 10.8 Å². The zero-order valence-electron chi connectivity index (χ0n) is 15.4. The molecule has 0 heterocycles. The lowest BCUT2D eigenvalue weighted by molar-refractivity contribution is -0.147. The molecule has 0 radical (unpaired) electrons. The summed E-state index contributed by atoms with van der Waals surface area (Å²) < 4.78 is 0. The van der Waals surface area contributed by atoms with E-state index < -0.39 is 22.8 Å². The number of carboxylic acid groups (broad SMARTS) is 2. The molecule has 26 heavy (non-hydrogen) atoms. The van der Waals surface area contributed by atoms with E-state index in [1.54, 1.807) is 13.8 Å². The quantitative estimate of drug-likeness (QED) is 0.470. The third-order valence-corrected chi connectivity index (χ3v) is 5.53. The van der Waals surface area contributed by atoms with Crippen molar-refractivity contribution in [3.8, 4) is 11.5 Å². The maximum atomic E-state index is 11.3. The van der Waals surface area contributed by atoms with Crippen LogP contribution < -0.4 is 0 Å². The number of carboxylic acids is 2. The summed E-state index contributed by atoms with van der Waals surface area (Å²) in [6.07, 6.45) is 5.13. The molecule has 4 N–H and O–H groups in total. The van der Waals surface area contributed by atoms with E-state index in [-0.39, 0.29) is 11.5 Å². The van der Waals surface area contributed by atoms with Crippen LogP contribution in [-0.2, 0) is 22.4 Å². The lowest BCUT2D eigenvalue weighted by atomic mass is 9.86. The highest BCUT2D eigenvalue weighted by atomic mass is 16.4. The second-order valence-corrected chi connectivity index (χ2v) is 8.09. The van der Waals surface area contributed by atoms with Gasteiger partial charge in [-0.05, 0) is 88.5 Å². The van der Waals surface area contributed by atoms with E-state index in [0.717, 1.165) is 24.0 Å². The number of hydrogen-bond acceptors (Lipinski definition) is 4. The summed E-state index contributed by atoms with van der Waals surface area (Å²) in [5, 5.41) is 38.0. The molecule has 0 aromatic heterocycles. The normalized spacial score (nSPS) is 15.6. The van der Waals surface area contributed by atoms with E-state index in [1.807, 2.05) is 0 Å². The Morgan fingerprint density at radius 1 is 1.00 bits per heavy atom. The number of benzene rings is 1. The summed E-state index contributed by atoms with van der Waals surface area (Å²) >= 11 is 0. The van der Waals surface area contributed by atoms with Crippen molar-refractivity contribution in [2.45, 2.75) is 65.2 Å². The molecule has 0 aliphatic heterocycles. The molecular weight excluding hydrogens is 336 g/mol. The minimum Gasteiger partial charge on any atom is -0.504 e. The van der Waals surface area contributed by atoms with Gasteiger partial charge >= 0.3 is 11.9 Å². The molecule has 1 aromatic rings. The van der Waals surface area contributed by atoms with Gasteiger partial charge in [-0.3, -0.25) is 9.59 Å². The summed E-state index contributed by atoms with van der Waals surface area (Å²) in [6.45, 7) is 3.37. The van der Waals surface area contributed by atoms with Crippen molar-refractivity contribution < 1.29 is 30.0 Å². The Labute approximate surface area is 153 Å². The summed E-state index contributed by atoms with van der Waals surface area (Å²) in [5.74, 6) is -1.95. The highest BCUT2D eigenvalue weighted by Gasteiger charge is 2.49. The molecule has 1 aliphatic carbocycles. The molecule has 1 aliphatic rings. The molecule has 2 rings (SSSR count).